The Hall–Kier alpha value is -3.97. The van der Waals surface area contributed by atoms with Gasteiger partial charge in [0.15, 0.2) is 0 Å². The van der Waals surface area contributed by atoms with E-state index >= 15 is 0 Å². The van der Waals surface area contributed by atoms with E-state index in [0.717, 1.165) is 0 Å². The molecule has 0 unspecified atom stereocenters. The van der Waals surface area contributed by atoms with Gasteiger partial charge in [0.25, 0.3) is 0 Å². The highest BCUT2D eigenvalue weighted by Crippen LogP contribution is 2.29. The maximum absolute atomic E-state index is 13.1. The zero-order valence-electron chi connectivity index (χ0n) is 17.1. The van der Waals surface area contributed by atoms with Crippen molar-refractivity contribution < 1.29 is 17.9 Å². The van der Waals surface area contributed by atoms with E-state index in [1.165, 1.54) is 12.1 Å². The summed E-state index contributed by atoms with van der Waals surface area (Å²) in [6.07, 6.45) is 6.95. The maximum Gasteiger partial charge on any atom is 0.203 e. The molecule has 0 bridgehead atoms. The first kappa shape index (κ1) is 21.3. The van der Waals surface area contributed by atoms with E-state index < -0.39 is 9.84 Å². The molecule has 7 heteroatoms. The summed E-state index contributed by atoms with van der Waals surface area (Å²) in [5.41, 5.74) is 12.7. The lowest BCUT2D eigenvalue weighted by Crippen LogP contribution is -2.04. The molecule has 0 spiro atoms. The third-order valence-electron chi connectivity index (χ3n) is 4.70. The third-order valence-corrected chi connectivity index (χ3v) is 6.59. The predicted octanol–water partition coefficient (Wildman–Crippen LogP) is 5.22. The fourth-order valence-electron chi connectivity index (χ4n) is 3.12. The Bertz CT molecular complexity index is 1320. The summed E-state index contributed by atoms with van der Waals surface area (Å²) in [4.78, 5) is 0.454. The smallest absolute Gasteiger partial charge is 0.203 e. The zero-order chi connectivity index (χ0) is 22.6. The number of allylic oxidation sites excluding steroid dienone is 5. The molecule has 0 aromatic heterocycles. The van der Waals surface area contributed by atoms with E-state index in [-0.39, 0.29) is 16.2 Å². The molecule has 0 aliphatic heterocycles. The number of ether oxygens (including phenoxy) is 2. The van der Waals surface area contributed by atoms with Gasteiger partial charge in [-0.25, -0.2) is 8.42 Å². The summed E-state index contributed by atoms with van der Waals surface area (Å²) < 4.78 is 37.8. The number of hydrogen-bond acceptors (Lipinski definition) is 6. The van der Waals surface area contributed by atoms with Crippen molar-refractivity contribution in [1.82, 2.24) is 0 Å². The van der Waals surface area contributed by atoms with Gasteiger partial charge < -0.3 is 20.9 Å². The molecule has 3 aromatic rings. The Morgan fingerprint density at radius 1 is 0.719 bits per heavy atom. The molecule has 6 nitrogen and oxygen atoms in total. The lowest BCUT2D eigenvalue weighted by Gasteiger charge is -2.09. The van der Waals surface area contributed by atoms with Crippen LogP contribution in [0.4, 0.5) is 11.4 Å². The summed E-state index contributed by atoms with van der Waals surface area (Å²) in [7, 11) is -3.67. The van der Waals surface area contributed by atoms with Crippen LogP contribution < -0.4 is 20.9 Å². The average Bonchev–Trinajstić information content (AvgIpc) is 3.00. The van der Waals surface area contributed by atoms with Crippen LogP contribution in [0, 0.1) is 0 Å². The molecule has 1 aliphatic rings. The summed E-state index contributed by atoms with van der Waals surface area (Å²) in [6, 6.07) is 20.4. The Balaban J connectivity index is 1.51. The molecule has 0 fully saturated rings. The van der Waals surface area contributed by atoms with Crippen LogP contribution >= 0.6 is 0 Å². The van der Waals surface area contributed by atoms with Crippen molar-refractivity contribution in [2.75, 3.05) is 11.5 Å². The number of nitrogens with two attached hydrogens (primary N) is 2. The monoisotopic (exact) mass is 446 g/mol. The van der Waals surface area contributed by atoms with E-state index in [1.54, 1.807) is 85.0 Å². The largest absolute Gasteiger partial charge is 0.457 e. The fourth-order valence-corrected chi connectivity index (χ4v) is 4.48. The van der Waals surface area contributed by atoms with Gasteiger partial charge in [0.2, 0.25) is 9.84 Å². The number of anilines is 2. The van der Waals surface area contributed by atoms with Crippen LogP contribution in [0.2, 0.25) is 0 Å². The van der Waals surface area contributed by atoms with Crippen LogP contribution in [0.3, 0.4) is 0 Å². The molecule has 3 aromatic carbocycles. The zero-order valence-corrected chi connectivity index (χ0v) is 18.0. The molecule has 162 valence electrons. The Kier molecular flexibility index (Phi) is 6.00. The molecule has 0 heterocycles. The van der Waals surface area contributed by atoms with Gasteiger partial charge in [-0.15, -0.1) is 0 Å². The van der Waals surface area contributed by atoms with Crippen LogP contribution in [0.25, 0.3) is 0 Å². The van der Waals surface area contributed by atoms with Crippen LogP contribution in [-0.2, 0) is 9.84 Å². The summed E-state index contributed by atoms with van der Waals surface area (Å²) in [6.45, 7) is 0. The SMILES string of the molecule is Nc1cccc(OC2=CC=C(S(=O)(=O)c3ccc(Oc4cccc(N)c4)cc3)CC=C2)c1. The van der Waals surface area contributed by atoms with Gasteiger partial charge in [-0.1, -0.05) is 18.2 Å². The molecule has 4 rings (SSSR count). The number of rotatable bonds is 6. The Morgan fingerprint density at radius 3 is 1.97 bits per heavy atom. The maximum atomic E-state index is 13.1. The van der Waals surface area contributed by atoms with Crippen molar-refractivity contribution >= 4 is 21.2 Å². The van der Waals surface area contributed by atoms with Crippen LogP contribution in [-0.4, -0.2) is 8.42 Å². The van der Waals surface area contributed by atoms with Gasteiger partial charge in [0, 0.05) is 29.9 Å². The first-order valence-electron chi connectivity index (χ1n) is 9.89. The Morgan fingerprint density at radius 2 is 1.34 bits per heavy atom. The normalized spacial score (nSPS) is 13.6. The third kappa shape index (κ3) is 5.01. The summed E-state index contributed by atoms with van der Waals surface area (Å²) in [5.74, 6) is 2.19. The molecule has 0 saturated heterocycles. The van der Waals surface area contributed by atoms with Gasteiger partial charge >= 0.3 is 0 Å². The molecule has 4 N–H and O–H groups in total. The van der Waals surface area contributed by atoms with Crippen LogP contribution in [0.15, 0.2) is 113 Å². The molecule has 1 aliphatic carbocycles. The Labute approximate surface area is 187 Å². The van der Waals surface area contributed by atoms with Gasteiger partial charge in [0.1, 0.15) is 23.0 Å². The second-order valence-corrected chi connectivity index (χ2v) is 9.14. The first-order valence-corrected chi connectivity index (χ1v) is 11.4. The van der Waals surface area contributed by atoms with E-state index in [0.29, 0.717) is 34.4 Å². The van der Waals surface area contributed by atoms with Crippen molar-refractivity contribution in [1.29, 1.82) is 0 Å². The topological polar surface area (TPSA) is 105 Å². The lowest BCUT2D eigenvalue weighted by molar-refractivity contribution is 0.445. The quantitative estimate of drug-likeness (QED) is 0.503. The van der Waals surface area contributed by atoms with E-state index in [2.05, 4.69) is 0 Å². The predicted molar refractivity (Wildman–Crippen MR) is 126 cm³/mol. The van der Waals surface area contributed by atoms with Crippen molar-refractivity contribution in [2.24, 2.45) is 0 Å². The molecule has 0 amide bonds. The fraction of sp³-hybridized carbons (Fsp3) is 0.0400. The minimum Gasteiger partial charge on any atom is -0.457 e. The molecule has 0 saturated carbocycles. The van der Waals surface area contributed by atoms with Crippen LogP contribution in [0.1, 0.15) is 6.42 Å². The molecular weight excluding hydrogens is 424 g/mol. The second kappa shape index (κ2) is 9.03. The van der Waals surface area contributed by atoms with Crippen LogP contribution in [0.5, 0.6) is 17.2 Å². The van der Waals surface area contributed by atoms with E-state index in [4.69, 9.17) is 20.9 Å². The standard InChI is InChI=1S/C25H22N2O4S/c26-18-4-1-7-22(16-18)30-20-6-3-9-24(13-10-20)32(28,29)25-14-11-21(12-15-25)31-23-8-2-5-19(27)17-23/h1-8,10-17H,9,26-27H2. The first-order chi connectivity index (χ1) is 15.4. The highest BCUT2D eigenvalue weighted by Gasteiger charge is 2.20. The highest BCUT2D eigenvalue weighted by molar-refractivity contribution is 7.95. The molecule has 0 atom stereocenters. The van der Waals surface area contributed by atoms with Crippen molar-refractivity contribution in [3.8, 4) is 17.2 Å². The minimum absolute atomic E-state index is 0.186. The summed E-state index contributed by atoms with van der Waals surface area (Å²) in [5, 5.41) is 0. The van der Waals surface area contributed by atoms with Crippen molar-refractivity contribution in [3.63, 3.8) is 0 Å². The number of benzene rings is 3. The van der Waals surface area contributed by atoms with Gasteiger partial charge in [-0.05, 0) is 66.8 Å². The van der Waals surface area contributed by atoms with E-state index in [1.807, 2.05) is 0 Å². The van der Waals surface area contributed by atoms with Crippen molar-refractivity contribution in [2.45, 2.75) is 11.3 Å². The number of sulfone groups is 1. The van der Waals surface area contributed by atoms with Gasteiger partial charge in [0.05, 0.1) is 9.80 Å². The second-order valence-electron chi connectivity index (χ2n) is 7.13. The minimum atomic E-state index is -3.67. The molecule has 0 radical (unpaired) electrons. The average molecular weight is 447 g/mol. The van der Waals surface area contributed by atoms with Gasteiger partial charge in [-0.3, -0.25) is 0 Å². The summed E-state index contributed by atoms with van der Waals surface area (Å²) >= 11 is 0. The molecular formula is C25H22N2O4S. The van der Waals surface area contributed by atoms with E-state index in [9.17, 15) is 8.42 Å². The lowest BCUT2D eigenvalue weighted by atomic mass is 10.3. The van der Waals surface area contributed by atoms with Gasteiger partial charge in [-0.2, -0.15) is 0 Å². The van der Waals surface area contributed by atoms with Crippen molar-refractivity contribution in [3.05, 3.63) is 108 Å². The molecule has 32 heavy (non-hydrogen) atoms. The highest BCUT2D eigenvalue weighted by atomic mass is 32.2. The number of nitrogen functional groups attached to an aromatic ring is 2. The number of hydrogen-bond donors (Lipinski definition) is 2.